The first kappa shape index (κ1) is 16.8. The largest absolute Gasteiger partial charge is 0.378 e. The van der Waals surface area contributed by atoms with Gasteiger partial charge in [-0.05, 0) is 37.6 Å². The van der Waals surface area contributed by atoms with E-state index in [0.29, 0.717) is 10.0 Å². The maximum absolute atomic E-state index is 11.8. The van der Waals surface area contributed by atoms with Crippen LogP contribution in [0.25, 0.3) is 0 Å². The number of halogens is 2. The third-order valence-corrected chi connectivity index (χ3v) is 3.26. The summed E-state index contributed by atoms with van der Waals surface area (Å²) < 4.78 is 0. The van der Waals surface area contributed by atoms with E-state index in [1.165, 1.54) is 18.2 Å². The zero-order valence-corrected chi connectivity index (χ0v) is 12.6. The molecule has 0 bridgehead atoms. The highest BCUT2D eigenvalue weighted by atomic mass is 35.5. The van der Waals surface area contributed by atoms with Crippen LogP contribution in [0, 0.1) is 5.41 Å². The highest BCUT2D eigenvalue weighted by molar-refractivity contribution is 6.34. The van der Waals surface area contributed by atoms with Crippen LogP contribution in [0.4, 0.5) is 0 Å². The maximum Gasteiger partial charge on any atom is 0.253 e. The summed E-state index contributed by atoms with van der Waals surface area (Å²) >= 11 is 11.6. The number of amides is 2. The van der Waals surface area contributed by atoms with Crippen LogP contribution < -0.4 is 11.1 Å². The standard InChI is InChI=1S/C13H16Cl2N2O3/c1-13(2,12(16)20)6-17-11(19)10(18)7-3-8(14)5-9(15)4-7/h3-5,10,18H,6H2,1-2H3,(H2,16,20)(H,17,19). The number of carbonyl (C=O) groups is 2. The van der Waals surface area contributed by atoms with Crippen LogP contribution in [0.1, 0.15) is 25.5 Å². The summed E-state index contributed by atoms with van der Waals surface area (Å²) in [5.41, 5.74) is 4.57. The quantitative estimate of drug-likeness (QED) is 0.770. The van der Waals surface area contributed by atoms with Crippen LogP contribution in [0.5, 0.6) is 0 Å². The van der Waals surface area contributed by atoms with Gasteiger partial charge in [-0.1, -0.05) is 23.2 Å². The fourth-order valence-corrected chi connectivity index (χ4v) is 1.92. The number of hydrogen-bond acceptors (Lipinski definition) is 3. The summed E-state index contributed by atoms with van der Waals surface area (Å²) in [7, 11) is 0. The van der Waals surface area contributed by atoms with Gasteiger partial charge in [-0.3, -0.25) is 9.59 Å². The number of rotatable bonds is 5. The van der Waals surface area contributed by atoms with Crippen molar-refractivity contribution in [2.24, 2.45) is 11.1 Å². The van der Waals surface area contributed by atoms with E-state index in [2.05, 4.69) is 5.32 Å². The molecule has 0 radical (unpaired) electrons. The number of aliphatic hydroxyl groups excluding tert-OH is 1. The first-order valence-corrected chi connectivity index (χ1v) is 6.61. The van der Waals surface area contributed by atoms with Crippen LogP contribution in [-0.4, -0.2) is 23.5 Å². The normalized spacial score (nSPS) is 12.8. The van der Waals surface area contributed by atoms with Crippen molar-refractivity contribution in [1.82, 2.24) is 5.32 Å². The maximum atomic E-state index is 11.8. The predicted molar refractivity (Wildman–Crippen MR) is 77.4 cm³/mol. The lowest BCUT2D eigenvalue weighted by Crippen LogP contribution is -2.43. The highest BCUT2D eigenvalue weighted by Crippen LogP contribution is 2.24. The molecule has 7 heteroatoms. The Balaban J connectivity index is 2.75. The molecule has 0 heterocycles. The molecule has 1 unspecified atom stereocenters. The Labute approximate surface area is 127 Å². The third kappa shape index (κ3) is 4.37. The molecule has 1 rings (SSSR count). The number of carbonyl (C=O) groups excluding carboxylic acids is 2. The molecule has 2 amide bonds. The van der Waals surface area contributed by atoms with Crippen molar-refractivity contribution >= 4 is 35.0 Å². The molecule has 1 atom stereocenters. The zero-order valence-electron chi connectivity index (χ0n) is 11.1. The summed E-state index contributed by atoms with van der Waals surface area (Å²) in [6.07, 6.45) is -1.42. The summed E-state index contributed by atoms with van der Waals surface area (Å²) in [5.74, 6) is -1.20. The van der Waals surface area contributed by atoms with Crippen LogP contribution in [0.15, 0.2) is 18.2 Å². The molecule has 1 aromatic carbocycles. The van der Waals surface area contributed by atoms with Gasteiger partial charge in [0.15, 0.2) is 6.10 Å². The van der Waals surface area contributed by atoms with Gasteiger partial charge in [0.2, 0.25) is 5.91 Å². The number of aliphatic hydroxyl groups is 1. The summed E-state index contributed by atoms with van der Waals surface area (Å²) in [5, 5.41) is 13.0. The Morgan fingerprint density at radius 2 is 1.80 bits per heavy atom. The van der Waals surface area contributed by atoms with Crippen LogP contribution in [0.2, 0.25) is 10.0 Å². The molecule has 0 saturated heterocycles. The van der Waals surface area contributed by atoms with Gasteiger partial charge in [0.1, 0.15) is 0 Å². The molecule has 0 fully saturated rings. The lowest BCUT2D eigenvalue weighted by molar-refractivity contribution is -0.131. The molecule has 0 saturated carbocycles. The van der Waals surface area contributed by atoms with Gasteiger partial charge in [0, 0.05) is 16.6 Å². The number of nitrogens with two attached hydrogens (primary N) is 1. The van der Waals surface area contributed by atoms with Gasteiger partial charge < -0.3 is 16.2 Å². The van der Waals surface area contributed by atoms with Gasteiger partial charge in [0.25, 0.3) is 5.91 Å². The van der Waals surface area contributed by atoms with Crippen LogP contribution in [-0.2, 0) is 9.59 Å². The number of nitrogens with one attached hydrogen (secondary N) is 1. The topological polar surface area (TPSA) is 92.4 Å². The first-order valence-electron chi connectivity index (χ1n) is 5.85. The van der Waals surface area contributed by atoms with Gasteiger partial charge >= 0.3 is 0 Å². The molecule has 0 spiro atoms. The molecule has 20 heavy (non-hydrogen) atoms. The van der Waals surface area contributed by atoms with Gasteiger partial charge in [-0.15, -0.1) is 0 Å². The minimum absolute atomic E-state index is 0.0204. The summed E-state index contributed by atoms with van der Waals surface area (Å²) in [6, 6.07) is 4.38. The van der Waals surface area contributed by atoms with Crippen molar-refractivity contribution in [3.05, 3.63) is 33.8 Å². The Morgan fingerprint density at radius 1 is 1.30 bits per heavy atom. The summed E-state index contributed by atoms with van der Waals surface area (Å²) in [4.78, 5) is 23.0. The van der Waals surface area contributed by atoms with Crippen LogP contribution >= 0.6 is 23.2 Å². The fraction of sp³-hybridized carbons (Fsp3) is 0.385. The minimum Gasteiger partial charge on any atom is -0.378 e. The van der Waals surface area contributed by atoms with Crippen LogP contribution in [0.3, 0.4) is 0 Å². The average molecular weight is 319 g/mol. The Kier molecular flexibility index (Phi) is 5.39. The minimum atomic E-state index is -1.42. The lowest BCUT2D eigenvalue weighted by atomic mass is 9.92. The Morgan fingerprint density at radius 3 is 2.25 bits per heavy atom. The van der Waals surface area contributed by atoms with E-state index < -0.39 is 23.3 Å². The number of primary amides is 1. The second-order valence-corrected chi connectivity index (χ2v) is 5.94. The SMILES string of the molecule is CC(C)(CNC(=O)C(O)c1cc(Cl)cc(Cl)c1)C(N)=O. The van der Waals surface area contributed by atoms with Gasteiger partial charge in [0.05, 0.1) is 5.41 Å². The first-order chi connectivity index (χ1) is 9.13. The average Bonchev–Trinajstić information content (AvgIpc) is 2.33. The van der Waals surface area contributed by atoms with Crippen molar-refractivity contribution in [2.45, 2.75) is 20.0 Å². The molecule has 0 aliphatic carbocycles. The molecule has 5 nitrogen and oxygen atoms in total. The molecular formula is C13H16Cl2N2O3. The monoisotopic (exact) mass is 318 g/mol. The smallest absolute Gasteiger partial charge is 0.253 e. The predicted octanol–water partition coefficient (Wildman–Crippen LogP) is 1.65. The molecule has 1 aromatic rings. The van der Waals surface area contributed by atoms with E-state index >= 15 is 0 Å². The van der Waals surface area contributed by atoms with E-state index in [9.17, 15) is 14.7 Å². The van der Waals surface area contributed by atoms with E-state index in [4.69, 9.17) is 28.9 Å². The van der Waals surface area contributed by atoms with Gasteiger partial charge in [-0.25, -0.2) is 0 Å². The molecule has 4 N–H and O–H groups in total. The summed E-state index contributed by atoms with van der Waals surface area (Å²) in [6.45, 7) is 3.21. The van der Waals surface area contributed by atoms with Crippen molar-refractivity contribution in [3.8, 4) is 0 Å². The van der Waals surface area contributed by atoms with Crippen molar-refractivity contribution in [3.63, 3.8) is 0 Å². The molecule has 0 aromatic heterocycles. The lowest BCUT2D eigenvalue weighted by Gasteiger charge is -2.22. The van der Waals surface area contributed by atoms with Gasteiger partial charge in [-0.2, -0.15) is 0 Å². The van der Waals surface area contributed by atoms with Crippen molar-refractivity contribution < 1.29 is 14.7 Å². The van der Waals surface area contributed by atoms with E-state index in [0.717, 1.165) is 0 Å². The highest BCUT2D eigenvalue weighted by Gasteiger charge is 2.27. The van der Waals surface area contributed by atoms with E-state index in [1.54, 1.807) is 13.8 Å². The second-order valence-electron chi connectivity index (χ2n) is 5.07. The third-order valence-electron chi connectivity index (χ3n) is 2.82. The van der Waals surface area contributed by atoms with Crippen molar-refractivity contribution in [2.75, 3.05) is 6.54 Å². The second kappa shape index (κ2) is 6.43. The molecule has 0 aliphatic rings. The zero-order chi connectivity index (χ0) is 15.5. The van der Waals surface area contributed by atoms with E-state index in [1.807, 2.05) is 0 Å². The Hall–Kier alpha value is -1.30. The molecular weight excluding hydrogens is 303 g/mol. The van der Waals surface area contributed by atoms with Crippen molar-refractivity contribution in [1.29, 1.82) is 0 Å². The Bertz CT molecular complexity index is 512. The number of benzene rings is 1. The molecule has 110 valence electrons. The molecule has 0 aliphatic heterocycles. The number of hydrogen-bond donors (Lipinski definition) is 3. The van der Waals surface area contributed by atoms with E-state index in [-0.39, 0.29) is 12.1 Å². The fourth-order valence-electron chi connectivity index (χ4n) is 1.38.